The van der Waals surface area contributed by atoms with Gasteiger partial charge in [-0.2, -0.15) is 4.98 Å². The Morgan fingerprint density at radius 2 is 2.11 bits per heavy atom. The second-order valence-corrected chi connectivity index (χ2v) is 5.78. The van der Waals surface area contributed by atoms with Gasteiger partial charge in [0.2, 0.25) is 5.89 Å². The van der Waals surface area contributed by atoms with E-state index in [1.165, 1.54) is 0 Å². The summed E-state index contributed by atoms with van der Waals surface area (Å²) in [6.45, 7) is 11.2. The maximum atomic E-state index is 10.7. The fourth-order valence-corrected chi connectivity index (χ4v) is 1.77. The minimum absolute atomic E-state index is 0.0564. The first-order valence-corrected chi connectivity index (χ1v) is 6.53. The van der Waals surface area contributed by atoms with Gasteiger partial charge in [-0.05, 0) is 13.5 Å². The minimum Gasteiger partial charge on any atom is -0.481 e. The first-order valence-electron chi connectivity index (χ1n) is 6.53. The van der Waals surface area contributed by atoms with Gasteiger partial charge in [0, 0.05) is 11.5 Å². The molecule has 108 valence electrons. The predicted octanol–water partition coefficient (Wildman–Crippen LogP) is 2.05. The molecule has 0 aromatic carbocycles. The van der Waals surface area contributed by atoms with Gasteiger partial charge in [0.15, 0.2) is 5.82 Å². The molecule has 0 spiro atoms. The largest absolute Gasteiger partial charge is 0.481 e. The molecule has 0 aliphatic carbocycles. The van der Waals surface area contributed by atoms with Gasteiger partial charge in [0.25, 0.3) is 0 Å². The average molecular weight is 269 g/mol. The van der Waals surface area contributed by atoms with Crippen LogP contribution in [0.4, 0.5) is 0 Å². The Labute approximate surface area is 113 Å². The molecule has 0 aliphatic rings. The number of aromatic nitrogens is 2. The molecule has 1 aromatic heterocycles. The third kappa shape index (κ3) is 4.63. The molecule has 0 aliphatic heterocycles. The zero-order valence-corrected chi connectivity index (χ0v) is 12.3. The molecule has 1 heterocycles. The topological polar surface area (TPSA) is 79.5 Å². The molecule has 0 amide bonds. The highest BCUT2D eigenvalue weighted by Crippen LogP contribution is 2.20. The smallest absolute Gasteiger partial charge is 0.304 e. The van der Waals surface area contributed by atoms with Crippen molar-refractivity contribution < 1.29 is 14.4 Å². The molecule has 1 N–H and O–H groups in total. The van der Waals surface area contributed by atoms with Crippen LogP contribution in [-0.2, 0) is 16.8 Å². The lowest BCUT2D eigenvalue weighted by Crippen LogP contribution is -2.34. The van der Waals surface area contributed by atoms with Crippen LogP contribution in [0.5, 0.6) is 0 Å². The maximum absolute atomic E-state index is 10.7. The summed E-state index contributed by atoms with van der Waals surface area (Å²) in [5, 5.41) is 12.8. The van der Waals surface area contributed by atoms with Crippen molar-refractivity contribution in [1.82, 2.24) is 15.0 Å². The van der Waals surface area contributed by atoms with E-state index in [-0.39, 0.29) is 17.9 Å². The first kappa shape index (κ1) is 15.6. The van der Waals surface area contributed by atoms with Gasteiger partial charge < -0.3 is 9.63 Å². The van der Waals surface area contributed by atoms with Gasteiger partial charge in [-0.1, -0.05) is 32.9 Å². The Hall–Kier alpha value is -1.43. The van der Waals surface area contributed by atoms with Crippen LogP contribution in [0, 0.1) is 0 Å². The van der Waals surface area contributed by atoms with Crippen LogP contribution in [0.25, 0.3) is 0 Å². The second kappa shape index (κ2) is 6.14. The highest BCUT2D eigenvalue weighted by atomic mass is 16.5. The summed E-state index contributed by atoms with van der Waals surface area (Å²) in [7, 11) is 0. The summed E-state index contributed by atoms with van der Waals surface area (Å²) < 4.78 is 5.23. The van der Waals surface area contributed by atoms with Crippen molar-refractivity contribution in [2.24, 2.45) is 0 Å². The molecule has 1 aromatic rings. The van der Waals surface area contributed by atoms with E-state index in [9.17, 15) is 4.79 Å². The lowest BCUT2D eigenvalue weighted by atomic mass is 9.97. The number of nitrogens with zero attached hydrogens (tertiary/aromatic N) is 3. The lowest BCUT2D eigenvalue weighted by molar-refractivity contribution is -0.138. The van der Waals surface area contributed by atoms with Crippen LogP contribution in [0.3, 0.4) is 0 Å². The van der Waals surface area contributed by atoms with Crippen molar-refractivity contribution in [3.8, 4) is 0 Å². The van der Waals surface area contributed by atoms with E-state index in [4.69, 9.17) is 9.63 Å². The van der Waals surface area contributed by atoms with E-state index in [0.29, 0.717) is 18.3 Å². The Balaban J connectivity index is 2.71. The van der Waals surface area contributed by atoms with Crippen LogP contribution in [0.15, 0.2) is 4.52 Å². The molecule has 1 unspecified atom stereocenters. The number of hydrogen-bond acceptors (Lipinski definition) is 5. The Kier molecular flexibility index (Phi) is 5.05. The minimum atomic E-state index is -0.797. The Bertz CT molecular complexity index is 423. The molecule has 0 fully saturated rings. The van der Waals surface area contributed by atoms with Crippen LogP contribution in [0.1, 0.15) is 52.8 Å². The van der Waals surface area contributed by atoms with Crippen molar-refractivity contribution in [1.29, 1.82) is 0 Å². The molecule has 0 saturated heterocycles. The molecular weight excluding hydrogens is 246 g/mol. The number of rotatable bonds is 6. The lowest BCUT2D eigenvalue weighted by Gasteiger charge is -2.25. The van der Waals surface area contributed by atoms with E-state index in [0.717, 1.165) is 6.54 Å². The van der Waals surface area contributed by atoms with Crippen molar-refractivity contribution >= 4 is 5.97 Å². The van der Waals surface area contributed by atoms with E-state index in [1.54, 1.807) is 0 Å². The number of hydrogen-bond donors (Lipinski definition) is 1. The maximum Gasteiger partial charge on any atom is 0.304 e. The molecule has 19 heavy (non-hydrogen) atoms. The molecule has 0 saturated carbocycles. The summed E-state index contributed by atoms with van der Waals surface area (Å²) in [6.07, 6.45) is 0.109. The quantitative estimate of drug-likeness (QED) is 0.851. The average Bonchev–Trinajstić information content (AvgIpc) is 2.72. The third-order valence-electron chi connectivity index (χ3n) is 2.95. The Morgan fingerprint density at radius 3 is 2.53 bits per heavy atom. The summed E-state index contributed by atoms with van der Waals surface area (Å²) in [5.74, 6) is 0.405. The highest BCUT2D eigenvalue weighted by molar-refractivity contribution is 5.67. The molecule has 6 nitrogen and oxygen atoms in total. The predicted molar refractivity (Wildman–Crippen MR) is 70.8 cm³/mol. The van der Waals surface area contributed by atoms with Crippen LogP contribution in [0.2, 0.25) is 0 Å². The second-order valence-electron chi connectivity index (χ2n) is 5.78. The number of carboxylic acid groups (broad SMARTS) is 1. The molecular formula is C13H23N3O3. The standard InChI is InChI=1S/C13H23N3O3/c1-6-16(9(2)7-11(17)18)8-10-14-12(19-15-10)13(3,4)5/h9H,6-8H2,1-5H3,(H,17,18). The molecule has 1 atom stereocenters. The zero-order chi connectivity index (χ0) is 14.6. The molecule has 6 heteroatoms. The summed E-state index contributed by atoms with van der Waals surface area (Å²) in [6, 6.07) is -0.0564. The van der Waals surface area contributed by atoms with Gasteiger partial charge in [0.05, 0.1) is 13.0 Å². The number of carboxylic acids is 1. The highest BCUT2D eigenvalue weighted by Gasteiger charge is 2.23. The van der Waals surface area contributed by atoms with Crippen LogP contribution >= 0.6 is 0 Å². The SMILES string of the molecule is CCN(Cc1noc(C(C)(C)C)n1)C(C)CC(=O)O. The van der Waals surface area contributed by atoms with Gasteiger partial charge in [0.1, 0.15) is 0 Å². The summed E-state index contributed by atoms with van der Waals surface area (Å²) in [4.78, 5) is 17.1. The van der Waals surface area contributed by atoms with Gasteiger partial charge >= 0.3 is 5.97 Å². The normalized spacial score (nSPS) is 13.8. The molecule has 1 rings (SSSR count). The van der Waals surface area contributed by atoms with Crippen molar-refractivity contribution in [2.75, 3.05) is 6.54 Å². The fraction of sp³-hybridized carbons (Fsp3) is 0.769. The Morgan fingerprint density at radius 1 is 1.47 bits per heavy atom. The van der Waals surface area contributed by atoms with Crippen molar-refractivity contribution in [2.45, 2.75) is 59.0 Å². The number of carbonyl (C=O) groups is 1. The van der Waals surface area contributed by atoms with E-state index in [2.05, 4.69) is 10.1 Å². The third-order valence-corrected chi connectivity index (χ3v) is 2.95. The fourth-order valence-electron chi connectivity index (χ4n) is 1.77. The monoisotopic (exact) mass is 269 g/mol. The molecule has 0 bridgehead atoms. The van der Waals surface area contributed by atoms with Crippen LogP contribution in [-0.4, -0.2) is 38.7 Å². The first-order chi connectivity index (χ1) is 8.74. The van der Waals surface area contributed by atoms with Gasteiger partial charge in [-0.15, -0.1) is 0 Å². The van der Waals surface area contributed by atoms with Gasteiger partial charge in [-0.3, -0.25) is 9.69 Å². The summed E-state index contributed by atoms with van der Waals surface area (Å²) in [5.41, 5.74) is -0.172. The van der Waals surface area contributed by atoms with Gasteiger partial charge in [-0.25, -0.2) is 0 Å². The van der Waals surface area contributed by atoms with Crippen molar-refractivity contribution in [3.05, 3.63) is 11.7 Å². The van der Waals surface area contributed by atoms with E-state index < -0.39 is 5.97 Å². The number of aliphatic carboxylic acids is 1. The van der Waals surface area contributed by atoms with Crippen molar-refractivity contribution in [3.63, 3.8) is 0 Å². The zero-order valence-electron chi connectivity index (χ0n) is 12.3. The van der Waals surface area contributed by atoms with E-state index in [1.807, 2.05) is 39.5 Å². The molecule has 0 radical (unpaired) electrons. The van der Waals surface area contributed by atoms with Crippen LogP contribution < -0.4 is 0 Å². The van der Waals surface area contributed by atoms with E-state index >= 15 is 0 Å². The summed E-state index contributed by atoms with van der Waals surface area (Å²) >= 11 is 0.